The van der Waals surface area contributed by atoms with Gasteiger partial charge in [-0.25, -0.2) is 0 Å². The van der Waals surface area contributed by atoms with E-state index in [-0.39, 0.29) is 13.2 Å². The molecule has 2 rings (SSSR count). The normalized spacial score (nSPS) is 11.3. The van der Waals surface area contributed by atoms with Crippen LogP contribution in [0, 0.1) is 5.41 Å². The fourth-order valence-electron chi connectivity index (χ4n) is 2.10. The number of rotatable bonds is 9. The van der Waals surface area contributed by atoms with Gasteiger partial charge in [0, 0.05) is 0 Å². The van der Waals surface area contributed by atoms with Gasteiger partial charge in [0.2, 0.25) is 0 Å². The van der Waals surface area contributed by atoms with Crippen molar-refractivity contribution < 1.29 is 19.4 Å². The molecule has 0 unspecified atom stereocenters. The van der Waals surface area contributed by atoms with Gasteiger partial charge in [-0.2, -0.15) is 0 Å². The van der Waals surface area contributed by atoms with Crippen LogP contribution in [0.15, 0.2) is 60.7 Å². The third-order valence-electron chi connectivity index (χ3n) is 3.58. The number of ether oxygens (including phenoxy) is 2. The maximum atomic E-state index is 11.5. The Balaban J connectivity index is 1.82. The topological polar surface area (TPSA) is 55.8 Å². The van der Waals surface area contributed by atoms with Gasteiger partial charge in [0.1, 0.15) is 5.41 Å². The molecule has 0 aromatic heterocycles. The molecule has 23 heavy (non-hydrogen) atoms. The average Bonchev–Trinajstić information content (AvgIpc) is 2.57. The molecule has 2 aromatic carbocycles. The summed E-state index contributed by atoms with van der Waals surface area (Å²) in [6.45, 7) is 2.63. The summed E-state index contributed by atoms with van der Waals surface area (Å²) in [5.74, 6) is -0.918. The number of aliphatic carboxylic acids is 1. The Morgan fingerprint density at radius 2 is 1.26 bits per heavy atom. The SMILES string of the molecule is CC(COCc1ccccc1)(COCc1ccccc1)C(=O)O. The highest BCUT2D eigenvalue weighted by Gasteiger charge is 2.34. The molecule has 1 N–H and O–H groups in total. The van der Waals surface area contributed by atoms with Crippen LogP contribution in [-0.2, 0) is 27.5 Å². The van der Waals surface area contributed by atoms with E-state index in [1.54, 1.807) is 6.92 Å². The minimum atomic E-state index is -1.07. The van der Waals surface area contributed by atoms with Gasteiger partial charge in [-0.05, 0) is 18.1 Å². The van der Waals surface area contributed by atoms with Crippen molar-refractivity contribution in [3.63, 3.8) is 0 Å². The Kier molecular flexibility index (Phi) is 6.32. The van der Waals surface area contributed by atoms with E-state index in [0.717, 1.165) is 11.1 Å². The number of benzene rings is 2. The largest absolute Gasteiger partial charge is 0.481 e. The third kappa shape index (κ3) is 5.51. The van der Waals surface area contributed by atoms with Crippen molar-refractivity contribution in [3.05, 3.63) is 71.8 Å². The first-order valence-electron chi connectivity index (χ1n) is 7.57. The molecule has 0 saturated carbocycles. The molecule has 0 heterocycles. The minimum Gasteiger partial charge on any atom is -0.481 e. The zero-order valence-corrected chi connectivity index (χ0v) is 13.3. The van der Waals surface area contributed by atoms with Crippen LogP contribution in [0.4, 0.5) is 0 Å². The molecule has 0 fully saturated rings. The summed E-state index contributed by atoms with van der Waals surface area (Å²) in [5, 5.41) is 9.47. The Labute approximate surface area is 136 Å². The molecular weight excluding hydrogens is 292 g/mol. The van der Waals surface area contributed by atoms with Gasteiger partial charge in [-0.3, -0.25) is 4.79 Å². The first-order chi connectivity index (χ1) is 11.1. The number of hydrogen-bond donors (Lipinski definition) is 1. The summed E-state index contributed by atoms with van der Waals surface area (Å²) < 4.78 is 11.2. The van der Waals surface area contributed by atoms with Crippen LogP contribution in [0.2, 0.25) is 0 Å². The van der Waals surface area contributed by atoms with Crippen molar-refractivity contribution in [2.24, 2.45) is 5.41 Å². The molecule has 4 heteroatoms. The van der Waals surface area contributed by atoms with Crippen molar-refractivity contribution >= 4 is 5.97 Å². The fourth-order valence-corrected chi connectivity index (χ4v) is 2.10. The van der Waals surface area contributed by atoms with Crippen LogP contribution in [0.5, 0.6) is 0 Å². The third-order valence-corrected chi connectivity index (χ3v) is 3.58. The number of carbonyl (C=O) groups is 1. The average molecular weight is 314 g/mol. The molecule has 0 bridgehead atoms. The first kappa shape index (κ1) is 17.2. The Hall–Kier alpha value is -2.17. The van der Waals surface area contributed by atoms with Gasteiger partial charge in [-0.1, -0.05) is 60.7 Å². The predicted molar refractivity (Wildman–Crippen MR) is 87.9 cm³/mol. The fraction of sp³-hybridized carbons (Fsp3) is 0.316. The van der Waals surface area contributed by atoms with Crippen molar-refractivity contribution in [2.75, 3.05) is 13.2 Å². The van der Waals surface area contributed by atoms with Crippen LogP contribution in [0.1, 0.15) is 18.1 Å². The number of carboxylic acid groups (broad SMARTS) is 1. The summed E-state index contributed by atoms with van der Waals surface area (Å²) in [6.07, 6.45) is 0. The van der Waals surface area contributed by atoms with Gasteiger partial charge < -0.3 is 14.6 Å². The van der Waals surface area contributed by atoms with E-state index in [2.05, 4.69) is 0 Å². The monoisotopic (exact) mass is 314 g/mol. The quantitative estimate of drug-likeness (QED) is 0.769. The smallest absolute Gasteiger partial charge is 0.314 e. The van der Waals surface area contributed by atoms with Gasteiger partial charge >= 0.3 is 5.97 Å². The highest BCUT2D eigenvalue weighted by atomic mass is 16.5. The van der Waals surface area contributed by atoms with E-state index in [4.69, 9.17) is 9.47 Å². The van der Waals surface area contributed by atoms with Gasteiger partial charge in [0.05, 0.1) is 26.4 Å². The molecule has 0 amide bonds. The highest BCUT2D eigenvalue weighted by molar-refractivity contribution is 5.74. The Morgan fingerprint density at radius 1 is 0.870 bits per heavy atom. The summed E-state index contributed by atoms with van der Waals surface area (Å²) in [7, 11) is 0. The lowest BCUT2D eigenvalue weighted by Crippen LogP contribution is -2.37. The molecule has 0 aliphatic heterocycles. The molecule has 122 valence electrons. The van der Waals surface area contributed by atoms with Crippen molar-refractivity contribution in [1.29, 1.82) is 0 Å². The molecule has 0 spiro atoms. The highest BCUT2D eigenvalue weighted by Crippen LogP contribution is 2.19. The maximum absolute atomic E-state index is 11.5. The molecule has 0 aliphatic rings. The predicted octanol–water partition coefficient (Wildman–Crippen LogP) is 3.51. The van der Waals surface area contributed by atoms with Crippen LogP contribution >= 0.6 is 0 Å². The number of hydrogen-bond acceptors (Lipinski definition) is 3. The van der Waals surface area contributed by atoms with E-state index in [0.29, 0.717) is 13.2 Å². The molecule has 2 aromatic rings. The van der Waals surface area contributed by atoms with E-state index in [9.17, 15) is 9.90 Å². The van der Waals surface area contributed by atoms with Crippen molar-refractivity contribution in [3.8, 4) is 0 Å². The number of carboxylic acids is 1. The van der Waals surface area contributed by atoms with Gasteiger partial charge in [0.15, 0.2) is 0 Å². The van der Waals surface area contributed by atoms with Crippen LogP contribution in [-0.4, -0.2) is 24.3 Å². The molecule has 0 saturated heterocycles. The van der Waals surface area contributed by atoms with E-state index >= 15 is 0 Å². The zero-order valence-electron chi connectivity index (χ0n) is 13.3. The standard InChI is InChI=1S/C19H22O4/c1-19(18(20)21,14-22-12-16-8-4-2-5-9-16)15-23-13-17-10-6-3-7-11-17/h2-11H,12-15H2,1H3,(H,20,21). The Morgan fingerprint density at radius 3 is 1.61 bits per heavy atom. The summed E-state index contributed by atoms with van der Waals surface area (Å²) in [4.78, 5) is 11.5. The van der Waals surface area contributed by atoms with E-state index in [1.165, 1.54) is 0 Å². The second kappa shape index (κ2) is 8.46. The molecular formula is C19H22O4. The van der Waals surface area contributed by atoms with Crippen LogP contribution in [0.25, 0.3) is 0 Å². The lowest BCUT2D eigenvalue weighted by molar-refractivity contribution is -0.157. The second-order valence-corrected chi connectivity index (χ2v) is 5.82. The van der Waals surface area contributed by atoms with E-state index in [1.807, 2.05) is 60.7 Å². The summed E-state index contributed by atoms with van der Waals surface area (Å²) in [5.41, 5.74) is 0.972. The Bertz CT molecular complexity index is 550. The molecule has 0 radical (unpaired) electrons. The van der Waals surface area contributed by atoms with Crippen molar-refractivity contribution in [1.82, 2.24) is 0 Å². The lowest BCUT2D eigenvalue weighted by atomic mass is 9.93. The van der Waals surface area contributed by atoms with Gasteiger partial charge in [0.25, 0.3) is 0 Å². The second-order valence-electron chi connectivity index (χ2n) is 5.82. The van der Waals surface area contributed by atoms with Crippen LogP contribution < -0.4 is 0 Å². The lowest BCUT2D eigenvalue weighted by Gasteiger charge is -2.24. The molecule has 0 atom stereocenters. The maximum Gasteiger partial charge on any atom is 0.314 e. The minimum absolute atomic E-state index is 0.103. The van der Waals surface area contributed by atoms with Gasteiger partial charge in [-0.15, -0.1) is 0 Å². The summed E-state index contributed by atoms with van der Waals surface area (Å²) >= 11 is 0. The van der Waals surface area contributed by atoms with E-state index < -0.39 is 11.4 Å². The first-order valence-corrected chi connectivity index (χ1v) is 7.57. The molecule has 0 aliphatic carbocycles. The van der Waals surface area contributed by atoms with Crippen molar-refractivity contribution in [2.45, 2.75) is 20.1 Å². The zero-order chi connectivity index (χ0) is 16.5. The summed E-state index contributed by atoms with van der Waals surface area (Å²) in [6, 6.07) is 19.4. The molecule has 4 nitrogen and oxygen atoms in total. The van der Waals surface area contributed by atoms with Crippen LogP contribution in [0.3, 0.4) is 0 Å².